The zero-order valence-corrected chi connectivity index (χ0v) is 18.0. The van der Waals surface area contributed by atoms with Crippen LogP contribution < -0.4 is 14.8 Å². The molecule has 12 heteroatoms. The SMILES string of the molecule is CC(C)S(=O)(=O)NC[C@H]1CC[C@H](Nc2nc(-c3cccc(OC(F)(F)F)c3)no2)CC1. The first-order valence-electron chi connectivity index (χ1n) is 9.97. The maximum Gasteiger partial charge on any atom is 0.573 e. The van der Waals surface area contributed by atoms with E-state index in [1.165, 1.54) is 18.2 Å². The van der Waals surface area contributed by atoms with E-state index >= 15 is 0 Å². The van der Waals surface area contributed by atoms with E-state index in [4.69, 9.17) is 4.52 Å². The Morgan fingerprint density at radius 3 is 2.58 bits per heavy atom. The molecule has 0 radical (unpaired) electrons. The summed E-state index contributed by atoms with van der Waals surface area (Å²) < 4.78 is 72.7. The zero-order chi connectivity index (χ0) is 22.6. The molecule has 1 aromatic heterocycles. The number of nitrogens with one attached hydrogen (secondary N) is 2. The Hall–Kier alpha value is -2.34. The lowest BCUT2D eigenvalue weighted by molar-refractivity contribution is -0.274. The van der Waals surface area contributed by atoms with Gasteiger partial charge < -0.3 is 14.6 Å². The number of nitrogens with zero attached hydrogens (tertiary/aromatic N) is 2. The van der Waals surface area contributed by atoms with Gasteiger partial charge in [0.1, 0.15) is 5.75 Å². The molecule has 1 saturated carbocycles. The maximum absolute atomic E-state index is 12.4. The number of benzene rings is 1. The number of halogens is 3. The summed E-state index contributed by atoms with van der Waals surface area (Å²) in [6.45, 7) is 3.71. The van der Waals surface area contributed by atoms with Crippen molar-refractivity contribution in [2.45, 2.75) is 57.2 Å². The number of rotatable bonds is 8. The first-order valence-corrected chi connectivity index (χ1v) is 11.5. The standard InChI is InChI=1S/C19H25F3N4O4S/c1-12(2)31(27,28)23-11-13-6-8-15(9-7-13)24-18-25-17(26-30-18)14-4-3-5-16(10-14)29-19(20,21)22/h3-5,10,12-13,15,23H,6-9,11H2,1-2H3,(H,24,25,26)/t13-,15-. The van der Waals surface area contributed by atoms with Gasteiger partial charge >= 0.3 is 12.4 Å². The first kappa shape index (κ1) is 23.3. The molecule has 1 aliphatic carbocycles. The molecule has 3 rings (SSSR count). The van der Waals surface area contributed by atoms with E-state index in [1.807, 2.05) is 0 Å². The summed E-state index contributed by atoms with van der Waals surface area (Å²) in [6.07, 6.45) is -1.48. The Morgan fingerprint density at radius 2 is 1.94 bits per heavy atom. The quantitative estimate of drug-likeness (QED) is 0.612. The van der Waals surface area contributed by atoms with Crippen molar-refractivity contribution in [2.75, 3.05) is 11.9 Å². The van der Waals surface area contributed by atoms with Crippen molar-refractivity contribution in [1.29, 1.82) is 0 Å². The Kier molecular flexibility index (Phi) is 7.10. The van der Waals surface area contributed by atoms with Gasteiger partial charge in [0.25, 0.3) is 0 Å². The molecular formula is C19H25F3N4O4S. The minimum atomic E-state index is -4.78. The minimum absolute atomic E-state index is 0.0890. The number of sulfonamides is 1. The highest BCUT2D eigenvalue weighted by Crippen LogP contribution is 2.29. The van der Waals surface area contributed by atoms with Gasteiger partial charge in [-0.15, -0.1) is 13.2 Å². The highest BCUT2D eigenvalue weighted by molar-refractivity contribution is 7.90. The molecule has 8 nitrogen and oxygen atoms in total. The van der Waals surface area contributed by atoms with Gasteiger partial charge in [-0.1, -0.05) is 17.3 Å². The topological polar surface area (TPSA) is 106 Å². The lowest BCUT2D eigenvalue weighted by atomic mass is 9.86. The third-order valence-electron chi connectivity index (χ3n) is 5.12. The van der Waals surface area contributed by atoms with Crippen LogP contribution in [0.3, 0.4) is 0 Å². The average molecular weight is 462 g/mol. The van der Waals surface area contributed by atoms with Crippen molar-refractivity contribution in [2.24, 2.45) is 5.92 Å². The molecule has 0 spiro atoms. The van der Waals surface area contributed by atoms with Crippen molar-refractivity contribution < 1.29 is 30.8 Å². The van der Waals surface area contributed by atoms with Crippen molar-refractivity contribution in [3.05, 3.63) is 24.3 Å². The molecule has 0 unspecified atom stereocenters. The monoisotopic (exact) mass is 462 g/mol. The van der Waals surface area contributed by atoms with Gasteiger partial charge in [0.05, 0.1) is 5.25 Å². The molecule has 1 aliphatic rings. The second-order valence-electron chi connectivity index (χ2n) is 7.80. The Bertz CT molecular complexity index is 971. The molecule has 0 atom stereocenters. The van der Waals surface area contributed by atoms with E-state index in [1.54, 1.807) is 19.9 Å². The van der Waals surface area contributed by atoms with Crippen LogP contribution in [-0.4, -0.2) is 42.8 Å². The molecule has 31 heavy (non-hydrogen) atoms. The Balaban J connectivity index is 1.52. The van der Waals surface area contributed by atoms with Gasteiger partial charge in [0.2, 0.25) is 15.8 Å². The van der Waals surface area contributed by atoms with Gasteiger partial charge in [0, 0.05) is 18.2 Å². The van der Waals surface area contributed by atoms with Crippen LogP contribution in [-0.2, 0) is 10.0 Å². The second-order valence-corrected chi connectivity index (χ2v) is 10.1. The van der Waals surface area contributed by atoms with Gasteiger partial charge in [0.15, 0.2) is 0 Å². The number of hydrogen-bond donors (Lipinski definition) is 2. The molecule has 1 aromatic carbocycles. The van der Waals surface area contributed by atoms with Crippen LogP contribution in [0.2, 0.25) is 0 Å². The molecule has 2 N–H and O–H groups in total. The predicted octanol–water partition coefficient (Wildman–Crippen LogP) is 3.93. The zero-order valence-electron chi connectivity index (χ0n) is 17.1. The van der Waals surface area contributed by atoms with E-state index in [-0.39, 0.29) is 29.5 Å². The number of alkyl halides is 3. The van der Waals surface area contributed by atoms with E-state index < -0.39 is 21.6 Å². The van der Waals surface area contributed by atoms with Crippen LogP contribution >= 0.6 is 0 Å². The van der Waals surface area contributed by atoms with Crippen LogP contribution in [0.15, 0.2) is 28.8 Å². The number of anilines is 1. The van der Waals surface area contributed by atoms with Gasteiger partial charge in [-0.2, -0.15) is 4.98 Å². The lowest BCUT2D eigenvalue weighted by Gasteiger charge is -2.28. The van der Waals surface area contributed by atoms with Crippen LogP contribution in [0.4, 0.5) is 19.2 Å². The molecule has 1 fully saturated rings. The fourth-order valence-electron chi connectivity index (χ4n) is 3.32. The van der Waals surface area contributed by atoms with Crippen LogP contribution in [0, 0.1) is 5.92 Å². The van der Waals surface area contributed by atoms with Gasteiger partial charge in [-0.25, -0.2) is 13.1 Å². The number of aromatic nitrogens is 2. The van der Waals surface area contributed by atoms with Crippen molar-refractivity contribution in [3.8, 4) is 17.1 Å². The fraction of sp³-hybridized carbons (Fsp3) is 0.579. The Labute approximate surface area is 178 Å². The van der Waals surface area contributed by atoms with Crippen molar-refractivity contribution in [3.63, 3.8) is 0 Å². The molecule has 2 aromatic rings. The number of hydrogen-bond acceptors (Lipinski definition) is 7. The summed E-state index contributed by atoms with van der Waals surface area (Å²) in [5.41, 5.74) is 0.333. The minimum Gasteiger partial charge on any atom is -0.406 e. The number of ether oxygens (including phenoxy) is 1. The molecule has 0 saturated heterocycles. The molecule has 0 amide bonds. The molecule has 0 aliphatic heterocycles. The smallest absolute Gasteiger partial charge is 0.406 e. The molecule has 1 heterocycles. The third kappa shape index (κ3) is 6.82. The van der Waals surface area contributed by atoms with E-state index in [0.717, 1.165) is 25.7 Å². The molecular weight excluding hydrogens is 437 g/mol. The summed E-state index contributed by atoms with van der Waals surface area (Å²) in [5, 5.41) is 6.50. The summed E-state index contributed by atoms with van der Waals surface area (Å²) in [4.78, 5) is 4.20. The van der Waals surface area contributed by atoms with E-state index in [0.29, 0.717) is 12.1 Å². The molecule has 172 valence electrons. The van der Waals surface area contributed by atoms with E-state index in [2.05, 4.69) is 24.9 Å². The summed E-state index contributed by atoms with van der Waals surface area (Å²) in [7, 11) is -3.27. The van der Waals surface area contributed by atoms with Crippen LogP contribution in [0.1, 0.15) is 39.5 Å². The summed E-state index contributed by atoms with van der Waals surface area (Å²) in [5.74, 6) is 0.0452. The largest absolute Gasteiger partial charge is 0.573 e. The van der Waals surface area contributed by atoms with E-state index in [9.17, 15) is 21.6 Å². The third-order valence-corrected chi connectivity index (χ3v) is 6.93. The van der Waals surface area contributed by atoms with Crippen molar-refractivity contribution in [1.82, 2.24) is 14.9 Å². The normalized spacial score (nSPS) is 20.1. The fourth-order valence-corrected chi connectivity index (χ4v) is 4.12. The lowest BCUT2D eigenvalue weighted by Crippen LogP contribution is -2.37. The molecule has 0 bridgehead atoms. The highest BCUT2D eigenvalue weighted by atomic mass is 32.2. The average Bonchev–Trinajstić information content (AvgIpc) is 3.15. The van der Waals surface area contributed by atoms with Gasteiger partial charge in [-0.05, 0) is 57.6 Å². The summed E-state index contributed by atoms with van der Waals surface area (Å²) >= 11 is 0. The second kappa shape index (κ2) is 9.43. The van der Waals surface area contributed by atoms with Crippen molar-refractivity contribution >= 4 is 16.0 Å². The highest BCUT2D eigenvalue weighted by Gasteiger charge is 2.31. The van der Waals surface area contributed by atoms with Crippen LogP contribution in [0.5, 0.6) is 5.75 Å². The van der Waals surface area contributed by atoms with Gasteiger partial charge in [-0.3, -0.25) is 0 Å². The first-order chi connectivity index (χ1) is 14.5. The Morgan fingerprint density at radius 1 is 1.23 bits per heavy atom. The summed E-state index contributed by atoms with van der Waals surface area (Å²) in [6, 6.07) is 5.62. The van der Waals surface area contributed by atoms with Crippen LogP contribution in [0.25, 0.3) is 11.4 Å². The predicted molar refractivity (Wildman–Crippen MR) is 108 cm³/mol. The maximum atomic E-state index is 12.4.